The van der Waals surface area contributed by atoms with E-state index in [0.717, 1.165) is 0 Å². The summed E-state index contributed by atoms with van der Waals surface area (Å²) in [6, 6.07) is 4.89. The molecular formula is C12H14N2O5S. The van der Waals surface area contributed by atoms with Gasteiger partial charge in [-0.1, -0.05) is 6.07 Å². The number of ketones is 1. The summed E-state index contributed by atoms with van der Waals surface area (Å²) in [6.45, 7) is 2.84. The molecule has 2 heterocycles. The van der Waals surface area contributed by atoms with Crippen molar-refractivity contribution in [3.8, 4) is 0 Å². The first kappa shape index (κ1) is 14.3. The van der Waals surface area contributed by atoms with Gasteiger partial charge in [0.25, 0.3) is 5.78 Å². The zero-order valence-corrected chi connectivity index (χ0v) is 11.8. The van der Waals surface area contributed by atoms with E-state index in [2.05, 4.69) is 4.98 Å². The van der Waals surface area contributed by atoms with Crippen LogP contribution in [0, 0.1) is 0 Å². The largest absolute Gasteiger partial charge is 0.501 e. The van der Waals surface area contributed by atoms with Crippen molar-refractivity contribution < 1.29 is 23.1 Å². The van der Waals surface area contributed by atoms with Gasteiger partial charge in [0.15, 0.2) is 0 Å². The van der Waals surface area contributed by atoms with Crippen LogP contribution in [0.15, 0.2) is 36.0 Å². The molecule has 2 N–H and O–H groups in total. The molecule has 0 bridgehead atoms. The quantitative estimate of drug-likeness (QED) is 0.841. The van der Waals surface area contributed by atoms with Gasteiger partial charge in [-0.15, -0.1) is 0 Å². The third kappa shape index (κ3) is 2.34. The lowest BCUT2D eigenvalue weighted by atomic mass is 9.96. The van der Waals surface area contributed by atoms with Crippen molar-refractivity contribution in [3.63, 3.8) is 0 Å². The summed E-state index contributed by atoms with van der Waals surface area (Å²) < 4.78 is 30.3. The maximum Gasteiger partial charge on any atom is 0.252 e. The summed E-state index contributed by atoms with van der Waals surface area (Å²) in [7, 11) is -3.66. The smallest absolute Gasteiger partial charge is 0.252 e. The Kier molecular flexibility index (Phi) is 3.43. The van der Waals surface area contributed by atoms with Gasteiger partial charge in [0.1, 0.15) is 0 Å². The molecule has 8 heteroatoms. The molecule has 1 atom stereocenters. The van der Waals surface area contributed by atoms with Crippen molar-refractivity contribution in [1.82, 2.24) is 9.71 Å². The van der Waals surface area contributed by atoms with Crippen LogP contribution >= 0.6 is 0 Å². The van der Waals surface area contributed by atoms with E-state index >= 15 is 0 Å². The topological polar surface area (TPSA) is 106 Å². The lowest BCUT2D eigenvalue weighted by Crippen LogP contribution is -2.33. The van der Waals surface area contributed by atoms with Crippen molar-refractivity contribution in [2.24, 2.45) is 0 Å². The van der Waals surface area contributed by atoms with Crippen molar-refractivity contribution >= 4 is 15.8 Å². The molecule has 7 nitrogen and oxygen atoms in total. The van der Waals surface area contributed by atoms with Gasteiger partial charge in [-0.05, 0) is 26.0 Å². The van der Waals surface area contributed by atoms with Gasteiger partial charge in [-0.2, -0.15) is 0 Å². The Morgan fingerprint density at radius 1 is 1.45 bits per heavy atom. The fourth-order valence-corrected chi connectivity index (χ4v) is 2.29. The van der Waals surface area contributed by atoms with Crippen LogP contribution in [-0.4, -0.2) is 30.0 Å². The number of aliphatic hydroxyl groups excluding tert-OH is 1. The van der Waals surface area contributed by atoms with Gasteiger partial charge in [0.05, 0.1) is 11.4 Å². The summed E-state index contributed by atoms with van der Waals surface area (Å²) in [5.74, 6) is -2.17. The number of aliphatic hydroxyl groups is 1. The molecule has 0 saturated heterocycles. The number of hydrogen-bond acceptors (Lipinski definition) is 6. The predicted octanol–water partition coefficient (Wildman–Crippen LogP) is 0.562. The standard InChI is InChI=1S/C12H14N2O5S/c1-3-20(17,18)14-11-9(15)10(16)12(2,19-11)8-6-4-5-7-13-8/h4-7,14-15H,3H2,1-2H3. The number of sulfonamides is 1. The number of pyridine rings is 1. The minimum atomic E-state index is -3.66. The van der Waals surface area contributed by atoms with Crippen LogP contribution in [0.4, 0.5) is 0 Å². The highest BCUT2D eigenvalue weighted by molar-refractivity contribution is 7.89. The number of nitrogens with one attached hydrogen (secondary N) is 1. The molecule has 1 unspecified atom stereocenters. The third-order valence-electron chi connectivity index (χ3n) is 2.95. The second-order valence-electron chi connectivity index (χ2n) is 4.36. The lowest BCUT2D eigenvalue weighted by Gasteiger charge is -2.22. The summed E-state index contributed by atoms with van der Waals surface area (Å²) >= 11 is 0. The molecule has 0 spiro atoms. The van der Waals surface area contributed by atoms with E-state index < -0.39 is 33.0 Å². The molecule has 0 saturated carbocycles. The Hall–Kier alpha value is -2.09. The van der Waals surface area contributed by atoms with Gasteiger partial charge in [0, 0.05) is 6.20 Å². The average molecular weight is 298 g/mol. The van der Waals surface area contributed by atoms with Crippen molar-refractivity contribution in [2.45, 2.75) is 19.4 Å². The molecule has 1 aromatic rings. The van der Waals surface area contributed by atoms with Crippen molar-refractivity contribution in [1.29, 1.82) is 0 Å². The van der Waals surface area contributed by atoms with Crippen LogP contribution < -0.4 is 4.72 Å². The fourth-order valence-electron chi connectivity index (χ4n) is 1.72. The highest BCUT2D eigenvalue weighted by Gasteiger charge is 2.49. The van der Waals surface area contributed by atoms with Crippen molar-refractivity contribution in [3.05, 3.63) is 41.7 Å². The normalized spacial score (nSPS) is 22.8. The Bertz CT molecular complexity index is 668. The van der Waals surface area contributed by atoms with Crippen molar-refractivity contribution in [2.75, 3.05) is 5.75 Å². The molecule has 0 aromatic carbocycles. The number of ether oxygens (including phenoxy) is 1. The molecule has 1 aliphatic heterocycles. The highest BCUT2D eigenvalue weighted by Crippen LogP contribution is 2.35. The molecule has 108 valence electrons. The number of carbonyl (C=O) groups is 1. The van der Waals surface area contributed by atoms with E-state index in [1.807, 2.05) is 4.72 Å². The summed E-state index contributed by atoms with van der Waals surface area (Å²) in [5.41, 5.74) is -1.26. The van der Waals surface area contributed by atoms with Gasteiger partial charge < -0.3 is 9.84 Å². The Morgan fingerprint density at radius 3 is 2.70 bits per heavy atom. The third-order valence-corrected chi connectivity index (χ3v) is 4.21. The molecule has 0 fully saturated rings. The zero-order valence-electron chi connectivity index (χ0n) is 11.0. The molecule has 20 heavy (non-hydrogen) atoms. The predicted molar refractivity (Wildman–Crippen MR) is 69.9 cm³/mol. The second-order valence-corrected chi connectivity index (χ2v) is 6.37. The van der Waals surface area contributed by atoms with E-state index in [-0.39, 0.29) is 11.4 Å². The van der Waals surface area contributed by atoms with Crippen LogP contribution in [0.3, 0.4) is 0 Å². The Morgan fingerprint density at radius 2 is 2.15 bits per heavy atom. The first-order chi connectivity index (χ1) is 9.30. The molecular weight excluding hydrogens is 284 g/mol. The van der Waals surface area contributed by atoms with Gasteiger partial charge >= 0.3 is 0 Å². The van der Waals surface area contributed by atoms with Crippen LogP contribution in [-0.2, 0) is 25.2 Å². The first-order valence-corrected chi connectivity index (χ1v) is 7.54. The highest BCUT2D eigenvalue weighted by atomic mass is 32.2. The van der Waals surface area contributed by atoms with E-state index in [0.29, 0.717) is 0 Å². The molecule has 0 amide bonds. The van der Waals surface area contributed by atoms with E-state index in [1.54, 1.807) is 18.2 Å². The number of aromatic nitrogens is 1. The van der Waals surface area contributed by atoms with E-state index in [9.17, 15) is 18.3 Å². The zero-order chi connectivity index (χ0) is 15.0. The van der Waals surface area contributed by atoms with Crippen LogP contribution in [0.1, 0.15) is 19.5 Å². The summed E-state index contributed by atoms with van der Waals surface area (Å²) in [5, 5.41) is 9.76. The SMILES string of the molecule is CCS(=O)(=O)NC1=C(O)C(=O)C(C)(c2ccccn2)O1. The summed E-state index contributed by atoms with van der Waals surface area (Å²) in [6.07, 6.45) is 1.47. The Labute approximate surface area is 116 Å². The molecule has 2 rings (SSSR count). The number of nitrogens with zero attached hydrogens (tertiary/aromatic N) is 1. The summed E-state index contributed by atoms with van der Waals surface area (Å²) in [4.78, 5) is 16.1. The van der Waals surface area contributed by atoms with E-state index in [4.69, 9.17) is 4.74 Å². The molecule has 1 aliphatic rings. The molecule has 0 radical (unpaired) electrons. The average Bonchev–Trinajstić information content (AvgIpc) is 2.65. The maximum absolute atomic E-state index is 12.1. The van der Waals surface area contributed by atoms with Crippen LogP contribution in [0.2, 0.25) is 0 Å². The number of hydrogen-bond donors (Lipinski definition) is 2. The molecule has 0 aliphatic carbocycles. The van der Waals surface area contributed by atoms with Gasteiger partial charge in [-0.25, -0.2) is 8.42 Å². The monoisotopic (exact) mass is 298 g/mol. The first-order valence-electron chi connectivity index (χ1n) is 5.89. The lowest BCUT2D eigenvalue weighted by molar-refractivity contribution is -0.132. The minimum Gasteiger partial charge on any atom is -0.501 e. The maximum atomic E-state index is 12.1. The molecule has 1 aromatic heterocycles. The van der Waals surface area contributed by atoms with Gasteiger partial charge in [0.2, 0.25) is 27.3 Å². The minimum absolute atomic E-state index is 0.207. The number of rotatable bonds is 4. The second kappa shape index (κ2) is 4.78. The van der Waals surface area contributed by atoms with Crippen LogP contribution in [0.25, 0.3) is 0 Å². The van der Waals surface area contributed by atoms with Gasteiger partial charge in [-0.3, -0.25) is 14.5 Å². The number of Topliss-reactive ketones (excluding diaryl/α,β-unsaturated/α-hetero) is 1. The number of carbonyl (C=O) groups excluding carboxylic acids is 1. The van der Waals surface area contributed by atoms with Crippen LogP contribution in [0.5, 0.6) is 0 Å². The van der Waals surface area contributed by atoms with E-state index in [1.165, 1.54) is 20.0 Å². The fraction of sp³-hybridized carbons (Fsp3) is 0.333. The Balaban J connectivity index is 2.35.